The molecule has 3 N–H and O–H groups in total. The van der Waals surface area contributed by atoms with Gasteiger partial charge in [-0.15, -0.1) is 0 Å². The number of hydrogen-bond donors (Lipinski definition) is 2. The Hall–Kier alpha value is -2.01. The molecule has 1 heterocycles. The second-order valence-electron chi connectivity index (χ2n) is 4.34. The van der Waals surface area contributed by atoms with Gasteiger partial charge in [0.25, 0.3) is 5.91 Å². The Kier molecular flexibility index (Phi) is 2.91. The van der Waals surface area contributed by atoms with Gasteiger partial charge in [0, 0.05) is 15.8 Å². The number of halogens is 1. The fourth-order valence-corrected chi connectivity index (χ4v) is 2.50. The van der Waals surface area contributed by atoms with Crippen molar-refractivity contribution in [2.24, 2.45) is 0 Å². The minimum Gasteiger partial charge on any atom is -0.399 e. The van der Waals surface area contributed by atoms with Crippen molar-refractivity contribution in [1.82, 2.24) is 0 Å². The molecule has 1 aliphatic rings. The molecule has 0 aliphatic carbocycles. The average molecular weight is 318 g/mol. The lowest BCUT2D eigenvalue weighted by molar-refractivity contribution is -0.116. The van der Waals surface area contributed by atoms with Crippen LogP contribution in [0.15, 0.2) is 46.9 Å². The maximum Gasteiger partial charge on any atom is 0.250 e. The van der Waals surface area contributed by atoms with E-state index in [1.807, 2.05) is 30.3 Å². The second-order valence-corrected chi connectivity index (χ2v) is 5.25. The Morgan fingerprint density at radius 1 is 1.16 bits per heavy atom. The van der Waals surface area contributed by atoms with E-state index < -0.39 is 0 Å². The van der Waals surface area contributed by atoms with Crippen LogP contribution in [0.4, 0.5) is 22.7 Å². The molecule has 0 saturated carbocycles. The van der Waals surface area contributed by atoms with Crippen LogP contribution in [0, 0.1) is 0 Å². The summed E-state index contributed by atoms with van der Waals surface area (Å²) in [6.07, 6.45) is 0. The number of amides is 1. The van der Waals surface area contributed by atoms with Gasteiger partial charge in [-0.1, -0.05) is 15.9 Å². The third-order valence-electron chi connectivity index (χ3n) is 3.03. The van der Waals surface area contributed by atoms with Gasteiger partial charge >= 0.3 is 0 Å². The smallest absolute Gasteiger partial charge is 0.250 e. The van der Waals surface area contributed by atoms with E-state index in [9.17, 15) is 4.79 Å². The zero-order chi connectivity index (χ0) is 13.4. The van der Waals surface area contributed by atoms with Gasteiger partial charge in [0.2, 0.25) is 0 Å². The van der Waals surface area contributed by atoms with E-state index in [-0.39, 0.29) is 12.5 Å². The van der Waals surface area contributed by atoms with Gasteiger partial charge in [-0.25, -0.2) is 0 Å². The first-order chi connectivity index (χ1) is 9.15. The molecule has 0 fully saturated rings. The number of anilines is 4. The molecule has 2 aromatic rings. The van der Waals surface area contributed by atoms with E-state index in [0.717, 1.165) is 21.5 Å². The number of hydrogen-bond acceptors (Lipinski definition) is 3. The maximum atomic E-state index is 12.1. The zero-order valence-corrected chi connectivity index (χ0v) is 11.6. The number of carbonyl (C=O) groups excluding carboxylic acids is 1. The summed E-state index contributed by atoms with van der Waals surface area (Å²) in [5.41, 5.74) is 8.98. The molecular weight excluding hydrogens is 306 g/mol. The maximum absolute atomic E-state index is 12.1. The molecule has 4 nitrogen and oxygen atoms in total. The topological polar surface area (TPSA) is 58.4 Å². The van der Waals surface area contributed by atoms with Crippen LogP contribution in [0.1, 0.15) is 0 Å². The van der Waals surface area contributed by atoms with E-state index >= 15 is 0 Å². The molecule has 19 heavy (non-hydrogen) atoms. The van der Waals surface area contributed by atoms with E-state index in [1.54, 1.807) is 17.0 Å². The van der Waals surface area contributed by atoms with Crippen molar-refractivity contribution < 1.29 is 4.79 Å². The zero-order valence-electron chi connectivity index (χ0n) is 10.1. The number of fused-ring (bicyclic) bond motifs is 1. The van der Waals surface area contributed by atoms with Gasteiger partial charge < -0.3 is 11.1 Å². The minimum atomic E-state index is 0.0135. The standard InChI is InChI=1S/C14H12BrN3O/c15-9-1-6-13-12(7-9)17-8-14(19)18(13)11-4-2-10(16)3-5-11/h1-7,17H,8,16H2. The predicted molar refractivity (Wildman–Crippen MR) is 80.6 cm³/mol. The van der Waals surface area contributed by atoms with E-state index in [1.165, 1.54) is 0 Å². The van der Waals surface area contributed by atoms with Crippen molar-refractivity contribution in [3.05, 3.63) is 46.9 Å². The highest BCUT2D eigenvalue weighted by atomic mass is 79.9. The summed E-state index contributed by atoms with van der Waals surface area (Å²) >= 11 is 3.43. The fourth-order valence-electron chi connectivity index (χ4n) is 2.14. The van der Waals surface area contributed by atoms with Gasteiger partial charge in [0.05, 0.1) is 17.9 Å². The van der Waals surface area contributed by atoms with Crippen LogP contribution in [-0.2, 0) is 4.79 Å². The molecule has 96 valence electrons. The third-order valence-corrected chi connectivity index (χ3v) is 3.52. The molecule has 3 rings (SSSR count). The van der Waals surface area contributed by atoms with Gasteiger partial charge in [0.15, 0.2) is 0 Å². The Labute approximate surface area is 119 Å². The van der Waals surface area contributed by atoms with Crippen LogP contribution in [0.5, 0.6) is 0 Å². The van der Waals surface area contributed by atoms with Crippen molar-refractivity contribution in [3.8, 4) is 0 Å². The first kappa shape index (κ1) is 12.0. The average Bonchev–Trinajstić information content (AvgIpc) is 2.40. The molecule has 2 aromatic carbocycles. The largest absolute Gasteiger partial charge is 0.399 e. The number of benzene rings is 2. The first-order valence-electron chi connectivity index (χ1n) is 5.87. The Morgan fingerprint density at radius 3 is 2.63 bits per heavy atom. The summed E-state index contributed by atoms with van der Waals surface area (Å²) < 4.78 is 0.977. The highest BCUT2D eigenvalue weighted by Gasteiger charge is 2.25. The molecule has 0 saturated heterocycles. The highest BCUT2D eigenvalue weighted by molar-refractivity contribution is 9.10. The van der Waals surface area contributed by atoms with Crippen LogP contribution < -0.4 is 16.0 Å². The number of nitrogen functional groups attached to an aromatic ring is 1. The minimum absolute atomic E-state index is 0.0135. The lowest BCUT2D eigenvalue weighted by Gasteiger charge is -2.30. The number of nitrogens with zero attached hydrogens (tertiary/aromatic N) is 1. The summed E-state index contributed by atoms with van der Waals surface area (Å²) in [6, 6.07) is 13.1. The molecule has 0 atom stereocenters. The molecule has 1 amide bonds. The summed E-state index contributed by atoms with van der Waals surface area (Å²) in [5.74, 6) is 0.0135. The van der Waals surface area contributed by atoms with Crippen molar-refractivity contribution >= 4 is 44.6 Å². The molecule has 0 radical (unpaired) electrons. The molecular formula is C14H12BrN3O. The summed E-state index contributed by atoms with van der Waals surface area (Å²) in [7, 11) is 0. The summed E-state index contributed by atoms with van der Waals surface area (Å²) in [6.45, 7) is 0.286. The van der Waals surface area contributed by atoms with Gasteiger partial charge in [0.1, 0.15) is 0 Å². The highest BCUT2D eigenvalue weighted by Crippen LogP contribution is 2.36. The SMILES string of the molecule is Nc1ccc(N2C(=O)CNc3cc(Br)ccc32)cc1. The quantitative estimate of drug-likeness (QED) is 0.794. The normalized spacial score (nSPS) is 13.9. The van der Waals surface area contributed by atoms with E-state index in [2.05, 4.69) is 21.2 Å². The number of carbonyl (C=O) groups is 1. The van der Waals surface area contributed by atoms with Crippen LogP contribution in [0.3, 0.4) is 0 Å². The van der Waals surface area contributed by atoms with Crippen LogP contribution in [0.25, 0.3) is 0 Å². The number of nitrogens with two attached hydrogens (primary N) is 1. The molecule has 0 spiro atoms. The molecule has 0 unspecified atom stereocenters. The van der Waals surface area contributed by atoms with Crippen molar-refractivity contribution in [2.45, 2.75) is 0 Å². The lowest BCUT2D eigenvalue weighted by Crippen LogP contribution is -2.36. The van der Waals surface area contributed by atoms with Crippen molar-refractivity contribution in [2.75, 3.05) is 22.5 Å². The second kappa shape index (κ2) is 4.59. The molecule has 5 heteroatoms. The number of rotatable bonds is 1. The summed E-state index contributed by atoms with van der Waals surface area (Å²) in [4.78, 5) is 13.9. The Balaban J connectivity index is 2.10. The van der Waals surface area contributed by atoms with Crippen LogP contribution in [-0.4, -0.2) is 12.5 Å². The summed E-state index contributed by atoms with van der Waals surface area (Å²) in [5, 5.41) is 3.12. The van der Waals surface area contributed by atoms with Crippen molar-refractivity contribution in [3.63, 3.8) is 0 Å². The van der Waals surface area contributed by atoms with Gasteiger partial charge in [-0.3, -0.25) is 9.69 Å². The molecule has 0 aromatic heterocycles. The van der Waals surface area contributed by atoms with E-state index in [4.69, 9.17) is 5.73 Å². The van der Waals surface area contributed by atoms with Gasteiger partial charge in [-0.05, 0) is 42.5 Å². The molecule has 0 bridgehead atoms. The van der Waals surface area contributed by atoms with Crippen LogP contribution >= 0.6 is 15.9 Å². The van der Waals surface area contributed by atoms with Crippen molar-refractivity contribution in [1.29, 1.82) is 0 Å². The monoisotopic (exact) mass is 317 g/mol. The Morgan fingerprint density at radius 2 is 1.89 bits per heavy atom. The van der Waals surface area contributed by atoms with Crippen LogP contribution in [0.2, 0.25) is 0 Å². The van der Waals surface area contributed by atoms with Gasteiger partial charge in [-0.2, -0.15) is 0 Å². The molecule has 1 aliphatic heterocycles. The Bertz CT molecular complexity index is 640. The first-order valence-corrected chi connectivity index (χ1v) is 6.66. The lowest BCUT2D eigenvalue weighted by atomic mass is 10.1. The fraction of sp³-hybridized carbons (Fsp3) is 0.0714. The predicted octanol–water partition coefficient (Wildman–Crippen LogP) is 3.12. The van der Waals surface area contributed by atoms with E-state index in [0.29, 0.717) is 5.69 Å². The third kappa shape index (κ3) is 2.17. The number of nitrogens with one attached hydrogen (secondary N) is 1.